The van der Waals surface area contributed by atoms with Crippen LogP contribution < -0.4 is 10.5 Å². The molecule has 0 saturated carbocycles. The monoisotopic (exact) mass is 404 g/mol. The Hall–Kier alpha value is -1.15. The molecule has 2 aromatic carbocycles. The third-order valence-electron chi connectivity index (χ3n) is 2.62. The molecule has 2 aromatic rings. The highest BCUT2D eigenvalue weighted by Gasteiger charge is 2.19. The van der Waals surface area contributed by atoms with Crippen molar-refractivity contribution in [2.45, 2.75) is 4.90 Å². The molecule has 0 unspecified atom stereocenters. The van der Waals surface area contributed by atoms with E-state index in [0.29, 0.717) is 15.7 Å². The lowest BCUT2D eigenvalue weighted by molar-refractivity contribution is 0.601. The molecule has 0 spiro atoms. The predicted octanol–water partition coefficient (Wildman–Crippen LogP) is 3.54. The highest BCUT2D eigenvalue weighted by Crippen LogP contribution is 2.28. The minimum Gasteiger partial charge on any atom is -0.389 e. The molecule has 0 radical (unpaired) electrons. The molecule has 0 fully saturated rings. The SMILES string of the molecule is NC(=S)c1ccc(S(=O)(=O)Nc2ccccc2Br)c(Cl)c1. The van der Waals surface area contributed by atoms with E-state index in [2.05, 4.69) is 20.7 Å². The number of hydrogen-bond acceptors (Lipinski definition) is 3. The van der Waals surface area contributed by atoms with Crippen molar-refractivity contribution in [1.29, 1.82) is 0 Å². The van der Waals surface area contributed by atoms with Gasteiger partial charge in [0.05, 0.1) is 10.7 Å². The van der Waals surface area contributed by atoms with Gasteiger partial charge in [0.25, 0.3) is 10.0 Å². The van der Waals surface area contributed by atoms with Crippen LogP contribution in [-0.2, 0) is 10.0 Å². The number of sulfonamides is 1. The van der Waals surface area contributed by atoms with Crippen LogP contribution in [0, 0.1) is 0 Å². The second-order valence-corrected chi connectivity index (χ2v) is 7.45. The van der Waals surface area contributed by atoms with Crippen molar-refractivity contribution in [2.24, 2.45) is 5.73 Å². The number of thiocarbonyl (C=S) groups is 1. The summed E-state index contributed by atoms with van der Waals surface area (Å²) >= 11 is 14.1. The highest BCUT2D eigenvalue weighted by atomic mass is 79.9. The van der Waals surface area contributed by atoms with Crippen LogP contribution in [0.25, 0.3) is 0 Å². The molecule has 0 amide bonds. The Morgan fingerprint density at radius 3 is 2.48 bits per heavy atom. The zero-order chi connectivity index (χ0) is 15.6. The van der Waals surface area contributed by atoms with Gasteiger partial charge in [-0.05, 0) is 40.2 Å². The topological polar surface area (TPSA) is 72.2 Å². The first-order valence-electron chi connectivity index (χ1n) is 5.68. The number of hydrogen-bond donors (Lipinski definition) is 2. The fraction of sp³-hybridized carbons (Fsp3) is 0. The van der Waals surface area contributed by atoms with Crippen molar-refractivity contribution < 1.29 is 8.42 Å². The molecule has 0 atom stereocenters. The van der Waals surface area contributed by atoms with Crippen LogP contribution in [0.3, 0.4) is 0 Å². The van der Waals surface area contributed by atoms with Crippen LogP contribution in [0.2, 0.25) is 5.02 Å². The van der Waals surface area contributed by atoms with Crippen LogP contribution in [0.15, 0.2) is 51.8 Å². The smallest absolute Gasteiger partial charge is 0.263 e. The van der Waals surface area contributed by atoms with Crippen LogP contribution in [0.1, 0.15) is 5.56 Å². The van der Waals surface area contributed by atoms with Crippen molar-refractivity contribution in [3.8, 4) is 0 Å². The van der Waals surface area contributed by atoms with Crippen LogP contribution in [-0.4, -0.2) is 13.4 Å². The molecule has 2 rings (SSSR count). The Balaban J connectivity index is 2.41. The Labute approximate surface area is 141 Å². The Morgan fingerprint density at radius 2 is 1.90 bits per heavy atom. The second kappa shape index (κ2) is 6.31. The Kier molecular flexibility index (Phi) is 4.88. The Morgan fingerprint density at radius 1 is 1.24 bits per heavy atom. The normalized spacial score (nSPS) is 11.1. The average molecular weight is 406 g/mol. The number of nitrogens with two attached hydrogens (primary N) is 1. The van der Waals surface area contributed by atoms with Gasteiger partial charge in [-0.3, -0.25) is 4.72 Å². The summed E-state index contributed by atoms with van der Waals surface area (Å²) in [6, 6.07) is 11.2. The predicted molar refractivity (Wildman–Crippen MR) is 92.3 cm³/mol. The molecule has 0 bridgehead atoms. The van der Waals surface area contributed by atoms with Crippen molar-refractivity contribution in [2.75, 3.05) is 4.72 Å². The molecular formula is C13H10BrClN2O2S2. The van der Waals surface area contributed by atoms with E-state index in [4.69, 9.17) is 29.6 Å². The minimum atomic E-state index is -3.80. The molecular weight excluding hydrogens is 396 g/mol. The maximum atomic E-state index is 12.4. The number of para-hydroxylation sites is 1. The lowest BCUT2D eigenvalue weighted by Gasteiger charge is -2.11. The van der Waals surface area contributed by atoms with E-state index in [1.807, 2.05) is 0 Å². The first-order chi connectivity index (χ1) is 9.81. The van der Waals surface area contributed by atoms with E-state index in [1.165, 1.54) is 18.2 Å². The highest BCUT2D eigenvalue weighted by molar-refractivity contribution is 9.10. The number of rotatable bonds is 4. The van der Waals surface area contributed by atoms with E-state index >= 15 is 0 Å². The molecule has 0 aliphatic rings. The summed E-state index contributed by atoms with van der Waals surface area (Å²) in [4.78, 5) is 0.111. The maximum absolute atomic E-state index is 12.4. The molecule has 110 valence electrons. The molecule has 8 heteroatoms. The van der Waals surface area contributed by atoms with Gasteiger partial charge < -0.3 is 5.73 Å². The number of nitrogens with one attached hydrogen (secondary N) is 1. The van der Waals surface area contributed by atoms with E-state index in [9.17, 15) is 8.42 Å². The molecule has 0 saturated heterocycles. The van der Waals surface area contributed by atoms with E-state index in [1.54, 1.807) is 24.3 Å². The summed E-state index contributed by atoms with van der Waals surface area (Å²) in [5.74, 6) is 0. The Bertz CT molecular complexity index is 810. The number of anilines is 1. The van der Waals surface area contributed by atoms with Gasteiger partial charge in [-0.2, -0.15) is 0 Å². The van der Waals surface area contributed by atoms with Crippen LogP contribution >= 0.6 is 39.7 Å². The van der Waals surface area contributed by atoms with Crippen LogP contribution in [0.5, 0.6) is 0 Å². The molecule has 0 aliphatic carbocycles. The quantitative estimate of drug-likeness (QED) is 0.763. The molecule has 0 aromatic heterocycles. The van der Waals surface area contributed by atoms with Gasteiger partial charge in [-0.25, -0.2) is 8.42 Å². The van der Waals surface area contributed by atoms with Crippen molar-refractivity contribution >= 4 is 60.4 Å². The fourth-order valence-corrected chi connectivity index (χ4v) is 3.88. The molecule has 4 nitrogen and oxygen atoms in total. The van der Waals surface area contributed by atoms with Gasteiger partial charge >= 0.3 is 0 Å². The fourth-order valence-electron chi connectivity index (χ4n) is 1.62. The van der Waals surface area contributed by atoms with Crippen molar-refractivity contribution in [1.82, 2.24) is 0 Å². The second-order valence-electron chi connectivity index (χ2n) is 4.09. The summed E-state index contributed by atoms with van der Waals surface area (Å²) in [6.45, 7) is 0. The first-order valence-corrected chi connectivity index (χ1v) is 8.74. The van der Waals surface area contributed by atoms with Gasteiger partial charge in [-0.1, -0.05) is 42.0 Å². The lowest BCUT2D eigenvalue weighted by Crippen LogP contribution is -2.15. The van der Waals surface area contributed by atoms with Crippen molar-refractivity contribution in [3.63, 3.8) is 0 Å². The van der Waals surface area contributed by atoms with E-state index in [0.717, 1.165) is 0 Å². The molecule has 0 aliphatic heterocycles. The van der Waals surface area contributed by atoms with Crippen molar-refractivity contribution in [3.05, 3.63) is 57.5 Å². The van der Waals surface area contributed by atoms with Gasteiger partial charge in [0.15, 0.2) is 0 Å². The molecule has 3 N–H and O–H groups in total. The van der Waals surface area contributed by atoms with Gasteiger partial charge in [0, 0.05) is 10.0 Å². The summed E-state index contributed by atoms with van der Waals surface area (Å²) in [5.41, 5.74) is 6.42. The largest absolute Gasteiger partial charge is 0.389 e. The molecule has 0 heterocycles. The summed E-state index contributed by atoms with van der Waals surface area (Å²) in [7, 11) is -3.80. The zero-order valence-corrected chi connectivity index (χ0v) is 14.5. The lowest BCUT2D eigenvalue weighted by atomic mass is 10.2. The molecule has 21 heavy (non-hydrogen) atoms. The van der Waals surface area contributed by atoms with Gasteiger partial charge in [0.1, 0.15) is 9.88 Å². The summed E-state index contributed by atoms with van der Waals surface area (Å²) in [6.07, 6.45) is 0. The van der Waals surface area contributed by atoms with E-state index in [-0.39, 0.29) is 14.9 Å². The minimum absolute atomic E-state index is 0.0417. The number of halogens is 2. The average Bonchev–Trinajstić information content (AvgIpc) is 2.40. The van der Waals surface area contributed by atoms with Gasteiger partial charge in [-0.15, -0.1) is 0 Å². The summed E-state index contributed by atoms with van der Waals surface area (Å²) < 4.78 is 27.8. The third kappa shape index (κ3) is 3.74. The maximum Gasteiger partial charge on any atom is 0.263 e. The van der Waals surface area contributed by atoms with Gasteiger partial charge in [0.2, 0.25) is 0 Å². The zero-order valence-electron chi connectivity index (χ0n) is 10.5. The summed E-state index contributed by atoms with van der Waals surface area (Å²) in [5, 5.41) is 0.0554. The van der Waals surface area contributed by atoms with E-state index < -0.39 is 10.0 Å². The third-order valence-corrected chi connectivity index (χ3v) is 5.40. The standard InChI is InChI=1S/C13H10BrClN2O2S2/c14-9-3-1-2-4-11(9)17-21(18,19)12-6-5-8(13(16)20)7-10(12)15/h1-7,17H,(H2,16,20). The first kappa shape index (κ1) is 16.2. The number of benzene rings is 2. The van der Waals surface area contributed by atoms with Crippen LogP contribution in [0.4, 0.5) is 5.69 Å².